The summed E-state index contributed by atoms with van der Waals surface area (Å²) in [6.07, 6.45) is 1.65. The van der Waals surface area contributed by atoms with Gasteiger partial charge in [-0.3, -0.25) is 5.43 Å². The monoisotopic (exact) mass is 369 g/mol. The van der Waals surface area contributed by atoms with Crippen LogP contribution in [0.1, 0.15) is 12.5 Å². The van der Waals surface area contributed by atoms with Crippen LogP contribution in [0.2, 0.25) is 0 Å². The van der Waals surface area contributed by atoms with Gasteiger partial charge in [-0.2, -0.15) is 5.10 Å². The van der Waals surface area contributed by atoms with Gasteiger partial charge in [0.2, 0.25) is 5.13 Å². The Labute approximate surface area is 155 Å². The summed E-state index contributed by atoms with van der Waals surface area (Å²) < 4.78 is 10.5. The van der Waals surface area contributed by atoms with E-state index in [1.54, 1.807) is 31.5 Å². The second-order valence-electron chi connectivity index (χ2n) is 5.30. The Balaban J connectivity index is 1.66. The fourth-order valence-electron chi connectivity index (χ4n) is 2.26. The quantitative estimate of drug-likeness (QED) is 0.478. The lowest BCUT2D eigenvalue weighted by atomic mass is 10.2. The van der Waals surface area contributed by atoms with Crippen LogP contribution in [0.15, 0.2) is 52.9 Å². The molecule has 26 heavy (non-hydrogen) atoms. The summed E-state index contributed by atoms with van der Waals surface area (Å²) in [4.78, 5) is 4.52. The fourth-order valence-corrected chi connectivity index (χ4v) is 2.93. The van der Waals surface area contributed by atoms with Crippen molar-refractivity contribution in [2.24, 2.45) is 5.10 Å². The topological polar surface area (TPSA) is 76.0 Å². The van der Waals surface area contributed by atoms with Crippen LogP contribution in [-0.4, -0.2) is 30.0 Å². The highest BCUT2D eigenvalue weighted by Gasteiger charge is 2.05. The number of hydrazone groups is 1. The smallest absolute Gasteiger partial charge is 0.203 e. The number of aromatic hydroxyl groups is 1. The molecule has 0 radical (unpaired) electrons. The molecule has 0 aliphatic rings. The van der Waals surface area contributed by atoms with Crippen LogP contribution in [0.25, 0.3) is 11.3 Å². The molecule has 0 aliphatic heterocycles. The minimum Gasteiger partial charge on any atom is -0.504 e. The molecule has 2 aromatic carbocycles. The van der Waals surface area contributed by atoms with Crippen molar-refractivity contribution in [1.29, 1.82) is 0 Å². The van der Waals surface area contributed by atoms with Crippen molar-refractivity contribution < 1.29 is 14.6 Å². The lowest BCUT2D eigenvalue weighted by Gasteiger charge is -2.05. The van der Waals surface area contributed by atoms with Gasteiger partial charge in [-0.15, -0.1) is 11.3 Å². The Morgan fingerprint density at radius 2 is 2.04 bits per heavy atom. The molecule has 3 rings (SSSR count). The molecule has 0 unspecified atom stereocenters. The van der Waals surface area contributed by atoms with Crippen molar-refractivity contribution in [2.75, 3.05) is 19.1 Å². The van der Waals surface area contributed by atoms with Crippen LogP contribution in [0.4, 0.5) is 5.13 Å². The third-order valence-corrected chi connectivity index (χ3v) is 4.29. The molecule has 6 nitrogen and oxygen atoms in total. The predicted octanol–water partition coefficient (Wildman–Crippen LogP) is 4.37. The number of ether oxygens (including phenoxy) is 2. The number of hydrogen-bond donors (Lipinski definition) is 2. The summed E-state index contributed by atoms with van der Waals surface area (Å²) in [5.74, 6) is 1.36. The fraction of sp³-hybridized carbons (Fsp3) is 0.158. The van der Waals surface area contributed by atoms with E-state index in [0.717, 1.165) is 22.6 Å². The summed E-state index contributed by atoms with van der Waals surface area (Å²) in [7, 11) is 1.64. The average molecular weight is 369 g/mol. The molecule has 0 bridgehead atoms. The molecule has 0 aliphatic carbocycles. The number of nitrogens with zero attached hydrogens (tertiary/aromatic N) is 2. The molecule has 1 aromatic heterocycles. The van der Waals surface area contributed by atoms with E-state index in [-0.39, 0.29) is 5.75 Å². The van der Waals surface area contributed by atoms with E-state index in [2.05, 4.69) is 15.5 Å². The molecule has 3 aromatic rings. The summed E-state index contributed by atoms with van der Waals surface area (Å²) in [5.41, 5.74) is 5.62. The third-order valence-electron chi connectivity index (χ3n) is 3.55. The van der Waals surface area contributed by atoms with Crippen molar-refractivity contribution in [2.45, 2.75) is 6.92 Å². The first-order valence-electron chi connectivity index (χ1n) is 8.04. The van der Waals surface area contributed by atoms with Gasteiger partial charge in [0.05, 0.1) is 25.6 Å². The predicted molar refractivity (Wildman–Crippen MR) is 105 cm³/mol. The zero-order valence-electron chi connectivity index (χ0n) is 14.5. The number of methoxy groups -OCH3 is 1. The number of benzene rings is 2. The van der Waals surface area contributed by atoms with Crippen LogP contribution >= 0.6 is 11.3 Å². The average Bonchev–Trinajstić information content (AvgIpc) is 3.13. The number of aromatic nitrogens is 1. The summed E-state index contributed by atoms with van der Waals surface area (Å²) >= 11 is 1.47. The SMILES string of the molecule is CCOc1cc(C=NNc2nc(-c3ccc(OC)cc3)cs2)ccc1O. The Morgan fingerprint density at radius 1 is 1.23 bits per heavy atom. The Hall–Kier alpha value is -3.06. The molecular formula is C19H19N3O3S. The second-order valence-corrected chi connectivity index (χ2v) is 6.15. The first-order chi connectivity index (χ1) is 12.7. The highest BCUT2D eigenvalue weighted by molar-refractivity contribution is 7.14. The minimum atomic E-state index is 0.112. The van der Waals surface area contributed by atoms with Gasteiger partial charge in [-0.1, -0.05) is 0 Å². The first-order valence-corrected chi connectivity index (χ1v) is 8.92. The molecular weight excluding hydrogens is 350 g/mol. The van der Waals surface area contributed by atoms with Crippen LogP contribution in [0.5, 0.6) is 17.2 Å². The highest BCUT2D eigenvalue weighted by atomic mass is 32.1. The molecule has 0 saturated heterocycles. The second kappa shape index (κ2) is 8.35. The van der Waals surface area contributed by atoms with Gasteiger partial charge in [0.15, 0.2) is 11.5 Å². The molecule has 0 saturated carbocycles. The Bertz CT molecular complexity index is 891. The molecule has 2 N–H and O–H groups in total. The number of nitrogens with one attached hydrogen (secondary N) is 1. The van der Waals surface area contributed by atoms with Crippen molar-refractivity contribution in [3.05, 3.63) is 53.4 Å². The molecule has 1 heterocycles. The molecule has 7 heteroatoms. The number of anilines is 1. The molecule has 0 spiro atoms. The van der Waals surface area contributed by atoms with E-state index < -0.39 is 0 Å². The van der Waals surface area contributed by atoms with Gasteiger partial charge in [0, 0.05) is 10.9 Å². The first kappa shape index (κ1) is 17.8. The summed E-state index contributed by atoms with van der Waals surface area (Å²) in [6, 6.07) is 12.8. The largest absolute Gasteiger partial charge is 0.504 e. The standard InChI is InChI=1S/C19H19N3O3S/c1-3-25-18-10-13(4-9-17(18)23)11-20-22-19-21-16(12-26-19)14-5-7-15(24-2)8-6-14/h4-12,23H,3H2,1-2H3,(H,21,22). The summed E-state index contributed by atoms with van der Waals surface area (Å²) in [5, 5.41) is 16.6. The highest BCUT2D eigenvalue weighted by Crippen LogP contribution is 2.27. The van der Waals surface area contributed by atoms with E-state index in [1.165, 1.54) is 11.3 Å². The van der Waals surface area contributed by atoms with Gasteiger partial charge < -0.3 is 14.6 Å². The van der Waals surface area contributed by atoms with Crippen LogP contribution in [0.3, 0.4) is 0 Å². The van der Waals surface area contributed by atoms with E-state index >= 15 is 0 Å². The zero-order chi connectivity index (χ0) is 18.4. The Morgan fingerprint density at radius 3 is 2.77 bits per heavy atom. The van der Waals surface area contributed by atoms with Gasteiger partial charge in [-0.25, -0.2) is 4.98 Å². The van der Waals surface area contributed by atoms with E-state index in [0.29, 0.717) is 17.5 Å². The van der Waals surface area contributed by atoms with Crippen LogP contribution < -0.4 is 14.9 Å². The van der Waals surface area contributed by atoms with Crippen LogP contribution in [-0.2, 0) is 0 Å². The van der Waals surface area contributed by atoms with Gasteiger partial charge in [-0.05, 0) is 55.0 Å². The van der Waals surface area contributed by atoms with Crippen LogP contribution in [0, 0.1) is 0 Å². The lowest BCUT2D eigenvalue weighted by molar-refractivity contribution is 0.318. The van der Waals surface area contributed by atoms with Crippen molar-refractivity contribution in [3.8, 4) is 28.5 Å². The lowest BCUT2D eigenvalue weighted by Crippen LogP contribution is -1.94. The molecule has 134 valence electrons. The summed E-state index contributed by atoms with van der Waals surface area (Å²) in [6.45, 7) is 2.35. The van der Waals surface area contributed by atoms with Crippen molar-refractivity contribution in [1.82, 2.24) is 4.98 Å². The maximum Gasteiger partial charge on any atom is 0.203 e. The number of thiazole rings is 1. The maximum absolute atomic E-state index is 9.71. The van der Waals surface area contributed by atoms with Gasteiger partial charge in [0.25, 0.3) is 0 Å². The zero-order valence-corrected chi connectivity index (χ0v) is 15.3. The maximum atomic E-state index is 9.71. The van der Waals surface area contributed by atoms with E-state index in [4.69, 9.17) is 9.47 Å². The number of rotatable bonds is 7. The van der Waals surface area contributed by atoms with E-state index in [9.17, 15) is 5.11 Å². The normalized spacial score (nSPS) is 10.8. The number of phenols is 1. The van der Waals surface area contributed by atoms with Gasteiger partial charge in [0.1, 0.15) is 5.75 Å². The number of hydrogen-bond acceptors (Lipinski definition) is 7. The van der Waals surface area contributed by atoms with Crippen molar-refractivity contribution in [3.63, 3.8) is 0 Å². The van der Waals surface area contributed by atoms with Gasteiger partial charge >= 0.3 is 0 Å². The molecule has 0 atom stereocenters. The van der Waals surface area contributed by atoms with E-state index in [1.807, 2.05) is 36.6 Å². The Kier molecular flexibility index (Phi) is 5.70. The third kappa shape index (κ3) is 4.31. The molecule has 0 amide bonds. The minimum absolute atomic E-state index is 0.112. The number of phenolic OH excluding ortho intramolecular Hbond substituents is 1. The van der Waals surface area contributed by atoms with Crippen molar-refractivity contribution >= 4 is 22.7 Å². The molecule has 0 fully saturated rings.